The molecule has 3 heteroatoms. The number of hydrogen-bond acceptors (Lipinski definition) is 2. The lowest BCUT2D eigenvalue weighted by atomic mass is 9.68. The van der Waals surface area contributed by atoms with Gasteiger partial charge in [0.25, 0.3) is 0 Å². The fraction of sp³-hybridized carbons (Fsp3) is 0.700. The van der Waals surface area contributed by atoms with Crippen LogP contribution in [-0.2, 0) is 4.79 Å². The van der Waals surface area contributed by atoms with E-state index in [1.54, 1.807) is 27.7 Å². The summed E-state index contributed by atoms with van der Waals surface area (Å²) in [4.78, 5) is 10.6. The molecule has 0 aromatic heterocycles. The van der Waals surface area contributed by atoms with E-state index in [4.69, 9.17) is 5.11 Å². The maximum Gasteiger partial charge on any atom is 0.304 e. The second kappa shape index (κ2) is 3.50. The van der Waals surface area contributed by atoms with Crippen LogP contribution in [0.25, 0.3) is 0 Å². The third-order valence-corrected chi connectivity index (χ3v) is 2.80. The molecule has 13 heavy (non-hydrogen) atoms. The quantitative estimate of drug-likeness (QED) is 0.658. The van der Waals surface area contributed by atoms with Gasteiger partial charge in [-0.3, -0.25) is 4.79 Å². The molecule has 0 saturated heterocycles. The van der Waals surface area contributed by atoms with Crippen molar-refractivity contribution in [2.45, 2.75) is 39.7 Å². The van der Waals surface area contributed by atoms with Crippen molar-refractivity contribution >= 4 is 5.97 Å². The first-order chi connectivity index (χ1) is 5.61. The zero-order valence-electron chi connectivity index (χ0n) is 8.72. The summed E-state index contributed by atoms with van der Waals surface area (Å²) in [6, 6.07) is 0. The van der Waals surface area contributed by atoms with Gasteiger partial charge in [0, 0.05) is 5.41 Å². The van der Waals surface area contributed by atoms with Gasteiger partial charge in [-0.15, -0.1) is 0 Å². The van der Waals surface area contributed by atoms with Gasteiger partial charge in [0.1, 0.15) is 0 Å². The summed E-state index contributed by atoms with van der Waals surface area (Å²) < 4.78 is 0. The van der Waals surface area contributed by atoms with Crippen molar-refractivity contribution in [3.8, 4) is 0 Å². The highest BCUT2D eigenvalue weighted by molar-refractivity contribution is 5.68. The predicted octanol–water partition coefficient (Wildman–Crippen LogP) is 1.81. The third kappa shape index (κ3) is 2.56. The normalized spacial score (nSPS) is 16.4. The Hall–Kier alpha value is -0.830. The van der Waals surface area contributed by atoms with Crippen molar-refractivity contribution in [1.29, 1.82) is 0 Å². The van der Waals surface area contributed by atoms with E-state index in [2.05, 4.69) is 6.58 Å². The molecule has 0 aromatic carbocycles. The van der Waals surface area contributed by atoms with Crippen LogP contribution in [0, 0.1) is 5.41 Å². The first kappa shape index (κ1) is 12.2. The van der Waals surface area contributed by atoms with Crippen LogP contribution in [0.5, 0.6) is 0 Å². The maximum absolute atomic E-state index is 10.6. The van der Waals surface area contributed by atoms with E-state index in [0.29, 0.717) is 5.57 Å². The van der Waals surface area contributed by atoms with Gasteiger partial charge in [-0.1, -0.05) is 19.1 Å². The number of aliphatic carboxylic acids is 1. The van der Waals surface area contributed by atoms with Gasteiger partial charge >= 0.3 is 5.97 Å². The monoisotopic (exact) mass is 186 g/mol. The highest BCUT2D eigenvalue weighted by Crippen LogP contribution is 2.40. The third-order valence-electron chi connectivity index (χ3n) is 2.80. The first-order valence-electron chi connectivity index (χ1n) is 4.21. The number of aliphatic hydroxyl groups is 1. The van der Waals surface area contributed by atoms with Crippen molar-refractivity contribution in [3.05, 3.63) is 12.2 Å². The minimum absolute atomic E-state index is 0.105. The molecule has 0 radical (unpaired) electrons. The summed E-state index contributed by atoms with van der Waals surface area (Å²) in [5.41, 5.74) is -1.17. The molecule has 0 rings (SSSR count). The molecule has 0 spiro atoms. The molecule has 0 aliphatic rings. The average Bonchev–Trinajstić information content (AvgIpc) is 1.82. The average molecular weight is 186 g/mol. The van der Waals surface area contributed by atoms with Crippen LogP contribution >= 0.6 is 0 Å². The van der Waals surface area contributed by atoms with Crippen LogP contribution in [0.15, 0.2) is 12.2 Å². The summed E-state index contributed by atoms with van der Waals surface area (Å²) in [6.07, 6.45) is -0.105. The molecule has 0 aliphatic carbocycles. The van der Waals surface area contributed by atoms with Gasteiger partial charge in [-0.25, -0.2) is 0 Å². The highest BCUT2D eigenvalue weighted by Gasteiger charge is 2.41. The Labute approximate surface area is 79.1 Å². The minimum Gasteiger partial charge on any atom is -0.481 e. The maximum atomic E-state index is 10.6. The van der Waals surface area contributed by atoms with Crippen LogP contribution in [0.1, 0.15) is 34.1 Å². The van der Waals surface area contributed by atoms with Crippen LogP contribution in [0.4, 0.5) is 0 Å². The molecule has 3 nitrogen and oxygen atoms in total. The summed E-state index contributed by atoms with van der Waals surface area (Å²) in [7, 11) is 0. The van der Waals surface area contributed by atoms with Gasteiger partial charge in [-0.2, -0.15) is 0 Å². The van der Waals surface area contributed by atoms with Crippen LogP contribution in [-0.4, -0.2) is 21.8 Å². The Balaban J connectivity index is 4.96. The number of carboxylic acid groups (broad SMARTS) is 1. The summed E-state index contributed by atoms with van der Waals surface area (Å²) in [5, 5.41) is 18.5. The van der Waals surface area contributed by atoms with Crippen molar-refractivity contribution in [3.63, 3.8) is 0 Å². The van der Waals surface area contributed by atoms with E-state index in [1.165, 1.54) is 0 Å². The zero-order chi connectivity index (χ0) is 10.9. The van der Waals surface area contributed by atoms with Gasteiger partial charge in [0.05, 0.1) is 12.0 Å². The summed E-state index contributed by atoms with van der Waals surface area (Å²) in [5.74, 6) is -0.923. The molecule has 1 atom stereocenters. The first-order valence-corrected chi connectivity index (χ1v) is 4.21. The smallest absolute Gasteiger partial charge is 0.304 e. The number of hydrogen-bond donors (Lipinski definition) is 2. The van der Waals surface area contributed by atoms with Gasteiger partial charge in [-0.05, 0) is 20.8 Å². The largest absolute Gasteiger partial charge is 0.481 e. The molecule has 0 bridgehead atoms. The number of carbonyl (C=O) groups is 1. The van der Waals surface area contributed by atoms with E-state index >= 15 is 0 Å². The predicted molar refractivity (Wildman–Crippen MR) is 51.5 cm³/mol. The lowest BCUT2D eigenvalue weighted by Gasteiger charge is -2.40. The number of rotatable bonds is 4. The van der Waals surface area contributed by atoms with Crippen LogP contribution < -0.4 is 0 Å². The van der Waals surface area contributed by atoms with Gasteiger partial charge in [0.2, 0.25) is 0 Å². The molecule has 0 fully saturated rings. The fourth-order valence-electron chi connectivity index (χ4n) is 1.19. The Morgan fingerprint density at radius 3 is 1.85 bits per heavy atom. The second-order valence-corrected chi connectivity index (χ2v) is 4.24. The molecule has 0 saturated carbocycles. The second-order valence-electron chi connectivity index (χ2n) is 4.24. The fourth-order valence-corrected chi connectivity index (χ4v) is 1.19. The summed E-state index contributed by atoms with van der Waals surface area (Å²) in [6.45, 7) is 10.4. The van der Waals surface area contributed by atoms with E-state index in [9.17, 15) is 9.90 Å². The molecule has 2 N–H and O–H groups in total. The van der Waals surface area contributed by atoms with E-state index in [1.807, 2.05) is 0 Å². The van der Waals surface area contributed by atoms with E-state index < -0.39 is 17.0 Å². The standard InChI is InChI=1S/C10H18O3/c1-7(2)10(5,6-8(11)12)9(3,4)13/h13H,1,6H2,2-5H3,(H,11,12). The van der Waals surface area contributed by atoms with Crippen LogP contribution in [0.3, 0.4) is 0 Å². The minimum atomic E-state index is -1.07. The zero-order valence-corrected chi connectivity index (χ0v) is 8.72. The Morgan fingerprint density at radius 1 is 1.38 bits per heavy atom. The van der Waals surface area contributed by atoms with E-state index in [-0.39, 0.29) is 6.42 Å². The summed E-state index contributed by atoms with van der Waals surface area (Å²) >= 11 is 0. The molecular formula is C10H18O3. The Kier molecular flexibility index (Phi) is 3.28. The lowest BCUT2D eigenvalue weighted by molar-refractivity contribution is -0.143. The Morgan fingerprint density at radius 2 is 1.77 bits per heavy atom. The van der Waals surface area contributed by atoms with E-state index in [0.717, 1.165) is 0 Å². The van der Waals surface area contributed by atoms with Crippen molar-refractivity contribution in [2.75, 3.05) is 0 Å². The lowest BCUT2D eigenvalue weighted by Crippen LogP contribution is -2.43. The molecule has 0 aromatic rings. The molecule has 0 amide bonds. The van der Waals surface area contributed by atoms with Crippen molar-refractivity contribution in [2.24, 2.45) is 5.41 Å². The molecule has 0 heterocycles. The van der Waals surface area contributed by atoms with Gasteiger partial charge in [0.15, 0.2) is 0 Å². The molecule has 0 aliphatic heterocycles. The van der Waals surface area contributed by atoms with Gasteiger partial charge < -0.3 is 10.2 Å². The van der Waals surface area contributed by atoms with Crippen molar-refractivity contribution in [1.82, 2.24) is 0 Å². The topological polar surface area (TPSA) is 57.5 Å². The molecule has 1 unspecified atom stereocenters. The van der Waals surface area contributed by atoms with Crippen molar-refractivity contribution < 1.29 is 15.0 Å². The SMILES string of the molecule is C=C(C)C(C)(CC(=O)O)C(C)(C)O. The molecule has 76 valence electrons. The molecular weight excluding hydrogens is 168 g/mol. The Bertz CT molecular complexity index is 225. The highest BCUT2D eigenvalue weighted by atomic mass is 16.4. The number of carboxylic acids is 1. The van der Waals surface area contributed by atoms with Crippen LogP contribution in [0.2, 0.25) is 0 Å².